The van der Waals surface area contributed by atoms with Crippen LogP contribution in [0, 0.1) is 0 Å². The van der Waals surface area contributed by atoms with E-state index in [0.29, 0.717) is 12.8 Å². The van der Waals surface area contributed by atoms with Gasteiger partial charge in [-0.1, -0.05) is 168 Å². The quantitative estimate of drug-likeness (QED) is 0.0453. The molecular weight excluding hydrogens is 705 g/mol. The number of amides is 4. The van der Waals surface area contributed by atoms with Crippen LogP contribution in [0.1, 0.15) is 233 Å². The maximum atomic E-state index is 12.9. The largest absolute Gasteiger partial charge is 0.354 e. The van der Waals surface area contributed by atoms with E-state index >= 15 is 0 Å². The number of rotatable bonds is 41. The van der Waals surface area contributed by atoms with Gasteiger partial charge in [0, 0.05) is 38.8 Å². The van der Waals surface area contributed by atoms with Gasteiger partial charge >= 0.3 is 0 Å². The average molecular weight is 791 g/mol. The summed E-state index contributed by atoms with van der Waals surface area (Å²) in [6.45, 7) is 7.70. The molecule has 4 N–H and O–H groups in total. The molecule has 0 radical (unpaired) electrons. The first-order chi connectivity index (χ1) is 27.1. The summed E-state index contributed by atoms with van der Waals surface area (Å²) < 4.78 is 0. The highest BCUT2D eigenvalue weighted by atomic mass is 16.2. The van der Waals surface area contributed by atoms with Crippen LogP contribution in [0.5, 0.6) is 0 Å². The van der Waals surface area contributed by atoms with Gasteiger partial charge in [0.05, 0.1) is 6.04 Å². The van der Waals surface area contributed by atoms with E-state index in [1.54, 1.807) is 0 Å². The lowest BCUT2D eigenvalue weighted by Gasteiger charge is -2.18. The standard InChI is InChI=1S/C46H86N4O6/c1-5-7-9-11-13-15-17-19-21-23-25-27-29-31-44(54)49-41(40(4)52)35-36-43(53)47-37-38-48-46(56)42(34-33-39(3)51)50-45(55)32-30-28-26-24-22-20-18-16-14-12-10-8-6-2/h41-42H,5-38H2,1-4H3,(H,47,53)(H,48,56)(H,49,54)(H,50,55). The molecule has 0 fully saturated rings. The second-order valence-corrected chi connectivity index (χ2v) is 16.3. The molecule has 326 valence electrons. The maximum Gasteiger partial charge on any atom is 0.242 e. The highest BCUT2D eigenvalue weighted by Crippen LogP contribution is 2.15. The van der Waals surface area contributed by atoms with E-state index in [-0.39, 0.29) is 74.0 Å². The minimum Gasteiger partial charge on any atom is -0.354 e. The number of carbonyl (C=O) groups excluding carboxylic acids is 6. The average Bonchev–Trinajstić information content (AvgIpc) is 3.16. The summed E-state index contributed by atoms with van der Waals surface area (Å²) >= 11 is 0. The number of nitrogens with one attached hydrogen (secondary N) is 4. The van der Waals surface area contributed by atoms with Crippen molar-refractivity contribution < 1.29 is 28.8 Å². The van der Waals surface area contributed by atoms with Crippen molar-refractivity contribution in [3.05, 3.63) is 0 Å². The minimum absolute atomic E-state index is 0.0551. The van der Waals surface area contributed by atoms with Crippen molar-refractivity contribution >= 4 is 35.2 Å². The molecule has 0 saturated heterocycles. The molecule has 2 atom stereocenters. The van der Waals surface area contributed by atoms with Crippen molar-refractivity contribution in [2.24, 2.45) is 0 Å². The molecule has 0 aromatic carbocycles. The zero-order chi connectivity index (χ0) is 41.5. The normalized spacial score (nSPS) is 12.1. The zero-order valence-corrected chi connectivity index (χ0v) is 36.6. The van der Waals surface area contributed by atoms with E-state index in [1.807, 2.05) is 0 Å². The number of carbonyl (C=O) groups is 6. The van der Waals surface area contributed by atoms with Crippen molar-refractivity contribution in [2.75, 3.05) is 13.1 Å². The highest BCUT2D eigenvalue weighted by Gasteiger charge is 2.21. The number of Topliss-reactive ketones (excluding diaryl/α,β-unsaturated/α-hetero) is 2. The molecule has 0 saturated carbocycles. The molecule has 0 rings (SSSR count). The number of hydrogen-bond acceptors (Lipinski definition) is 6. The van der Waals surface area contributed by atoms with Gasteiger partial charge in [-0.3, -0.25) is 24.0 Å². The summed E-state index contributed by atoms with van der Waals surface area (Å²) in [5, 5.41) is 11.1. The minimum atomic E-state index is -0.816. The maximum absolute atomic E-state index is 12.9. The van der Waals surface area contributed by atoms with E-state index in [2.05, 4.69) is 35.1 Å². The Morgan fingerprint density at radius 1 is 0.375 bits per heavy atom. The Bertz CT molecular complexity index is 1040. The molecule has 0 aliphatic carbocycles. The smallest absolute Gasteiger partial charge is 0.242 e. The summed E-state index contributed by atoms with van der Waals surface area (Å²) in [5.41, 5.74) is 0. The molecule has 4 amide bonds. The molecule has 0 heterocycles. The lowest BCUT2D eigenvalue weighted by atomic mass is 10.0. The Morgan fingerprint density at radius 3 is 1.09 bits per heavy atom. The fraction of sp³-hybridized carbons (Fsp3) is 0.870. The van der Waals surface area contributed by atoms with Gasteiger partial charge in [-0.2, -0.15) is 0 Å². The Hall–Kier alpha value is -2.78. The number of ketones is 2. The molecular formula is C46H86N4O6. The molecule has 56 heavy (non-hydrogen) atoms. The number of hydrogen-bond donors (Lipinski definition) is 4. The first-order valence-corrected chi connectivity index (χ1v) is 23.2. The Balaban J connectivity index is 4.20. The summed E-state index contributed by atoms with van der Waals surface area (Å²) in [5.74, 6) is -1.26. The summed E-state index contributed by atoms with van der Waals surface area (Å²) in [6, 6.07) is -1.52. The fourth-order valence-corrected chi connectivity index (χ4v) is 7.01. The van der Waals surface area contributed by atoms with Crippen LogP contribution in [0.4, 0.5) is 0 Å². The molecule has 10 nitrogen and oxygen atoms in total. The van der Waals surface area contributed by atoms with Gasteiger partial charge in [0.1, 0.15) is 11.8 Å². The van der Waals surface area contributed by atoms with Crippen LogP contribution < -0.4 is 21.3 Å². The van der Waals surface area contributed by atoms with E-state index in [0.717, 1.165) is 38.5 Å². The first kappa shape index (κ1) is 53.2. The lowest BCUT2D eigenvalue weighted by molar-refractivity contribution is -0.129. The summed E-state index contributed by atoms with van der Waals surface area (Å²) in [7, 11) is 0. The highest BCUT2D eigenvalue weighted by molar-refractivity contribution is 5.89. The van der Waals surface area contributed by atoms with Crippen LogP contribution in [-0.2, 0) is 28.8 Å². The van der Waals surface area contributed by atoms with Crippen LogP contribution in [0.3, 0.4) is 0 Å². The van der Waals surface area contributed by atoms with Crippen LogP contribution in [0.15, 0.2) is 0 Å². The molecule has 0 aromatic rings. The molecule has 0 spiro atoms. The van der Waals surface area contributed by atoms with E-state index < -0.39 is 12.1 Å². The summed E-state index contributed by atoms with van der Waals surface area (Å²) in [4.78, 5) is 74.3. The van der Waals surface area contributed by atoms with Crippen molar-refractivity contribution in [1.29, 1.82) is 0 Å². The van der Waals surface area contributed by atoms with Gasteiger partial charge in [0.15, 0.2) is 5.78 Å². The predicted molar refractivity (Wildman–Crippen MR) is 230 cm³/mol. The SMILES string of the molecule is CCCCCCCCCCCCCCCC(=O)NC(CCC(=O)NCCNC(=O)C(CCC(C)=O)NC(=O)CCCCCCCCCCCCCCC)C(C)=O. The summed E-state index contributed by atoms with van der Waals surface area (Å²) in [6.07, 6.45) is 33.3. The Morgan fingerprint density at radius 2 is 0.714 bits per heavy atom. The number of unbranched alkanes of at least 4 members (excludes halogenated alkanes) is 24. The third-order valence-electron chi connectivity index (χ3n) is 10.7. The van der Waals surface area contributed by atoms with E-state index in [9.17, 15) is 28.8 Å². The van der Waals surface area contributed by atoms with Gasteiger partial charge in [-0.05, 0) is 39.5 Å². The molecule has 0 aromatic heterocycles. The lowest BCUT2D eigenvalue weighted by Crippen LogP contribution is -2.48. The predicted octanol–water partition coefficient (Wildman–Crippen LogP) is 9.89. The van der Waals surface area contributed by atoms with E-state index in [4.69, 9.17) is 0 Å². The molecule has 10 heteroatoms. The van der Waals surface area contributed by atoms with E-state index in [1.165, 1.54) is 142 Å². The first-order valence-electron chi connectivity index (χ1n) is 23.2. The molecule has 0 bridgehead atoms. The monoisotopic (exact) mass is 791 g/mol. The zero-order valence-electron chi connectivity index (χ0n) is 36.6. The van der Waals surface area contributed by atoms with Gasteiger partial charge in [0.2, 0.25) is 23.6 Å². The van der Waals surface area contributed by atoms with Gasteiger partial charge in [0.25, 0.3) is 0 Å². The van der Waals surface area contributed by atoms with Crippen molar-refractivity contribution in [1.82, 2.24) is 21.3 Å². The van der Waals surface area contributed by atoms with Crippen LogP contribution in [-0.4, -0.2) is 60.4 Å². The van der Waals surface area contributed by atoms with Crippen LogP contribution in [0.2, 0.25) is 0 Å². The van der Waals surface area contributed by atoms with Crippen LogP contribution >= 0.6 is 0 Å². The molecule has 2 unspecified atom stereocenters. The Kier molecular flexibility index (Phi) is 37.1. The topological polar surface area (TPSA) is 151 Å². The van der Waals surface area contributed by atoms with Crippen molar-refractivity contribution in [3.63, 3.8) is 0 Å². The van der Waals surface area contributed by atoms with Crippen molar-refractivity contribution in [3.8, 4) is 0 Å². The van der Waals surface area contributed by atoms with Gasteiger partial charge in [-0.15, -0.1) is 0 Å². The Labute approximate surface area is 342 Å². The van der Waals surface area contributed by atoms with Crippen LogP contribution in [0.25, 0.3) is 0 Å². The van der Waals surface area contributed by atoms with Gasteiger partial charge < -0.3 is 26.1 Å². The third-order valence-corrected chi connectivity index (χ3v) is 10.7. The second kappa shape index (κ2) is 39.1. The molecule has 0 aliphatic rings. The third kappa shape index (κ3) is 35.6. The van der Waals surface area contributed by atoms with Crippen molar-refractivity contribution in [2.45, 2.75) is 245 Å². The fourth-order valence-electron chi connectivity index (χ4n) is 7.01. The molecule has 0 aliphatic heterocycles. The second-order valence-electron chi connectivity index (χ2n) is 16.3. The van der Waals surface area contributed by atoms with Gasteiger partial charge in [-0.25, -0.2) is 0 Å².